The molecule has 3 heteroatoms. The summed E-state index contributed by atoms with van der Waals surface area (Å²) in [5, 5.41) is 3.97. The fourth-order valence-electron chi connectivity index (χ4n) is 0.577. The molecule has 0 aliphatic carbocycles. The molecular weight excluding hydrogens is 158 g/mol. The molecule has 0 unspecified atom stereocenters. The van der Waals surface area contributed by atoms with Crippen molar-refractivity contribution >= 4 is 28.7 Å². The smallest absolute Gasteiger partial charge is 1.00 e. The van der Waals surface area contributed by atoms with Crippen molar-refractivity contribution in [1.82, 2.24) is 0 Å². The molecule has 0 aromatic heterocycles. The van der Waals surface area contributed by atoms with Crippen molar-refractivity contribution in [2.45, 2.75) is 0 Å². The molecule has 0 atom stereocenters. The van der Waals surface area contributed by atoms with Crippen molar-refractivity contribution in [1.29, 1.82) is 0 Å². The van der Waals surface area contributed by atoms with Crippen molar-refractivity contribution in [2.24, 2.45) is 0 Å². The molecule has 0 aliphatic heterocycles. The Morgan fingerprint density at radius 1 is 1.10 bits per heavy atom. The summed E-state index contributed by atoms with van der Waals surface area (Å²) in [5.41, 5.74) is 1.03. The fraction of sp³-hybridized carbons (Fsp3) is 0.143. The molecule has 1 aromatic rings. The number of hydrogen-bond acceptors (Lipinski definition) is 0. The summed E-state index contributed by atoms with van der Waals surface area (Å²) in [6, 6.07) is 9.87. The third kappa shape index (κ3) is 3.98. The van der Waals surface area contributed by atoms with E-state index in [1.54, 1.807) is 7.05 Å². The van der Waals surface area contributed by atoms with Gasteiger partial charge in [-0.25, -0.2) is 0 Å². The zero-order chi connectivity index (χ0) is 5.82. The third-order valence-corrected chi connectivity index (χ3v) is 1.01. The van der Waals surface area contributed by atoms with E-state index in [-0.39, 0.29) is 35.5 Å². The van der Waals surface area contributed by atoms with Crippen molar-refractivity contribution < 1.29 is 12.4 Å². The van der Waals surface area contributed by atoms with Gasteiger partial charge in [-0.05, 0) is 0 Å². The first-order valence-corrected chi connectivity index (χ1v) is 2.58. The molecule has 0 N–H and O–H groups in total. The molecule has 0 radical (unpaired) electrons. The van der Waals surface area contributed by atoms with Gasteiger partial charge in [0.2, 0.25) is 0 Å². The Kier molecular flexibility index (Phi) is 9.15. The van der Waals surface area contributed by atoms with Gasteiger partial charge in [0.25, 0.3) is 0 Å². The van der Waals surface area contributed by atoms with Gasteiger partial charge in [0.15, 0.2) is 0 Å². The van der Waals surface area contributed by atoms with Gasteiger partial charge in [0.05, 0.1) is 0 Å². The fourth-order valence-corrected chi connectivity index (χ4v) is 0.577. The van der Waals surface area contributed by atoms with E-state index in [9.17, 15) is 0 Å². The summed E-state index contributed by atoms with van der Waals surface area (Å²) in [5.74, 6) is 0. The molecule has 0 heterocycles. The second-order valence-corrected chi connectivity index (χ2v) is 1.56. The first-order valence-electron chi connectivity index (χ1n) is 2.58. The summed E-state index contributed by atoms with van der Waals surface area (Å²) >= 11 is 0. The molecular formula is C7H8ClMgN. The molecule has 1 nitrogen and oxygen atoms in total. The van der Waals surface area contributed by atoms with Crippen molar-refractivity contribution in [3.63, 3.8) is 0 Å². The van der Waals surface area contributed by atoms with Crippen LogP contribution < -0.4 is 12.4 Å². The van der Waals surface area contributed by atoms with Crippen LogP contribution in [-0.2, 0) is 0 Å². The number of benzene rings is 1. The van der Waals surface area contributed by atoms with Gasteiger partial charge in [-0.2, -0.15) is 0 Å². The molecule has 0 bridgehead atoms. The van der Waals surface area contributed by atoms with Gasteiger partial charge in [0.1, 0.15) is 0 Å². The Morgan fingerprint density at radius 3 is 1.90 bits per heavy atom. The molecule has 10 heavy (non-hydrogen) atoms. The van der Waals surface area contributed by atoms with E-state index in [1.165, 1.54) is 0 Å². The van der Waals surface area contributed by atoms with E-state index in [2.05, 4.69) is 5.32 Å². The van der Waals surface area contributed by atoms with Crippen LogP contribution in [0.4, 0.5) is 5.69 Å². The molecule has 0 amide bonds. The van der Waals surface area contributed by atoms with Gasteiger partial charge < -0.3 is 17.7 Å². The first-order chi connectivity index (χ1) is 3.93. The minimum Gasteiger partial charge on any atom is -1.00 e. The monoisotopic (exact) mass is 165 g/mol. The SMILES string of the molecule is C[N-]c1ccccc1.[Cl-].[Mg+2]. The minimum absolute atomic E-state index is 0. The van der Waals surface area contributed by atoms with Crippen molar-refractivity contribution in [2.75, 3.05) is 7.05 Å². The van der Waals surface area contributed by atoms with Crippen LogP contribution >= 0.6 is 0 Å². The van der Waals surface area contributed by atoms with E-state index in [4.69, 9.17) is 0 Å². The predicted molar refractivity (Wildman–Crippen MR) is 41.1 cm³/mol. The summed E-state index contributed by atoms with van der Waals surface area (Å²) in [7, 11) is 1.79. The van der Waals surface area contributed by atoms with Gasteiger partial charge >= 0.3 is 23.1 Å². The largest absolute Gasteiger partial charge is 2.00 e. The average molecular weight is 166 g/mol. The van der Waals surface area contributed by atoms with E-state index in [0.29, 0.717) is 0 Å². The van der Waals surface area contributed by atoms with Crippen LogP contribution in [0, 0.1) is 0 Å². The maximum Gasteiger partial charge on any atom is 2.00 e. The van der Waals surface area contributed by atoms with E-state index in [0.717, 1.165) is 5.69 Å². The second kappa shape index (κ2) is 7.19. The predicted octanol–water partition coefficient (Wildman–Crippen LogP) is -1.06. The number of nitrogens with zero attached hydrogens (tertiary/aromatic N) is 1. The summed E-state index contributed by atoms with van der Waals surface area (Å²) in [4.78, 5) is 0. The average Bonchev–Trinajstić information content (AvgIpc) is 1.90. The van der Waals surface area contributed by atoms with Crippen molar-refractivity contribution in [3.05, 3.63) is 35.6 Å². The number of para-hydroxylation sites is 1. The second-order valence-electron chi connectivity index (χ2n) is 1.56. The van der Waals surface area contributed by atoms with Gasteiger partial charge in [-0.1, -0.05) is 30.3 Å². The molecule has 0 saturated carbocycles. The Hall–Kier alpha value is 0.0762. The normalized spacial score (nSPS) is 6.90. The third-order valence-electron chi connectivity index (χ3n) is 1.01. The molecule has 0 aliphatic rings. The van der Waals surface area contributed by atoms with Crippen molar-refractivity contribution in [3.8, 4) is 0 Å². The van der Waals surface area contributed by atoms with Crippen LogP contribution in [0.3, 0.4) is 0 Å². The van der Waals surface area contributed by atoms with Crippen LogP contribution in [-0.4, -0.2) is 30.1 Å². The molecule has 50 valence electrons. The summed E-state index contributed by atoms with van der Waals surface area (Å²) in [6.07, 6.45) is 0. The van der Waals surface area contributed by atoms with Crippen LogP contribution in [0.25, 0.3) is 5.32 Å². The van der Waals surface area contributed by atoms with E-state index in [1.807, 2.05) is 30.3 Å². The number of hydrogen-bond donors (Lipinski definition) is 0. The number of halogens is 1. The van der Waals surface area contributed by atoms with E-state index < -0.39 is 0 Å². The van der Waals surface area contributed by atoms with Gasteiger partial charge in [-0.3, -0.25) is 0 Å². The zero-order valence-electron chi connectivity index (χ0n) is 5.92. The van der Waals surface area contributed by atoms with Crippen LogP contribution in [0.2, 0.25) is 0 Å². The zero-order valence-corrected chi connectivity index (χ0v) is 8.09. The first kappa shape index (κ1) is 12.7. The number of rotatable bonds is 1. The molecule has 1 aromatic carbocycles. The molecule has 1 rings (SSSR count). The van der Waals surface area contributed by atoms with Crippen LogP contribution in [0.15, 0.2) is 30.3 Å². The van der Waals surface area contributed by atoms with Gasteiger partial charge in [-0.15, -0.1) is 12.7 Å². The molecule has 0 spiro atoms. The molecule has 0 fully saturated rings. The maximum atomic E-state index is 3.97. The Labute approximate surface area is 83.8 Å². The van der Waals surface area contributed by atoms with Gasteiger partial charge in [0, 0.05) is 0 Å². The molecule has 0 saturated heterocycles. The van der Waals surface area contributed by atoms with E-state index >= 15 is 0 Å². The maximum absolute atomic E-state index is 3.97. The van der Waals surface area contributed by atoms with Crippen LogP contribution in [0.5, 0.6) is 0 Å². The minimum atomic E-state index is 0. The Bertz CT molecular complexity index is 155. The summed E-state index contributed by atoms with van der Waals surface area (Å²) in [6.45, 7) is 0. The quantitative estimate of drug-likeness (QED) is 0.472. The Morgan fingerprint density at radius 2 is 1.60 bits per heavy atom. The van der Waals surface area contributed by atoms with Crippen LogP contribution in [0.1, 0.15) is 0 Å². The standard InChI is InChI=1S/C7H8N.ClH.Mg/c1-8-7-5-3-2-4-6-7;;/h2-6H,1H3;1H;/q-1;;+2/p-1. The summed E-state index contributed by atoms with van der Waals surface area (Å²) < 4.78 is 0. The Balaban J connectivity index is 0. The topological polar surface area (TPSA) is 14.1 Å².